The maximum atomic E-state index is 12.8. The SMILES string of the molecule is COc1cccc(CNc2nc(NCc3ccccc3)nc(Nc3cccc(C(=O)NCCOCCOCCN)c3)n2)c1OC. The number of hydrogen-bond donors (Lipinski definition) is 5. The van der Waals surface area contributed by atoms with Gasteiger partial charge in [-0.2, -0.15) is 15.0 Å². The van der Waals surface area contributed by atoms with Crippen LogP contribution in [0.25, 0.3) is 0 Å². The van der Waals surface area contributed by atoms with Crippen molar-refractivity contribution in [3.8, 4) is 11.5 Å². The van der Waals surface area contributed by atoms with Gasteiger partial charge in [0.05, 0.1) is 40.6 Å². The number of amides is 1. The van der Waals surface area contributed by atoms with E-state index in [1.54, 1.807) is 32.4 Å². The number of carbonyl (C=O) groups is 1. The van der Waals surface area contributed by atoms with E-state index >= 15 is 0 Å². The van der Waals surface area contributed by atoms with Crippen molar-refractivity contribution in [2.45, 2.75) is 13.1 Å². The highest BCUT2D eigenvalue weighted by atomic mass is 16.5. The molecule has 1 aromatic heterocycles. The van der Waals surface area contributed by atoms with E-state index in [0.717, 1.165) is 11.1 Å². The molecule has 3 aromatic carbocycles. The second-order valence-electron chi connectivity index (χ2n) is 9.63. The van der Waals surface area contributed by atoms with Crippen LogP contribution in [0.2, 0.25) is 0 Å². The van der Waals surface area contributed by atoms with E-state index in [0.29, 0.717) is 93.2 Å². The number of rotatable bonds is 19. The van der Waals surface area contributed by atoms with Crippen molar-refractivity contribution in [1.82, 2.24) is 20.3 Å². The lowest BCUT2D eigenvalue weighted by Gasteiger charge is -2.14. The van der Waals surface area contributed by atoms with Gasteiger partial charge in [-0.15, -0.1) is 0 Å². The third-order valence-corrected chi connectivity index (χ3v) is 6.40. The van der Waals surface area contributed by atoms with Crippen LogP contribution in [0.15, 0.2) is 72.8 Å². The molecule has 0 unspecified atom stereocenters. The van der Waals surface area contributed by atoms with Crippen molar-refractivity contribution in [3.63, 3.8) is 0 Å². The van der Waals surface area contributed by atoms with Crippen molar-refractivity contribution >= 4 is 29.4 Å². The molecular weight excluding hydrogens is 576 g/mol. The summed E-state index contributed by atoms with van der Waals surface area (Å²) in [6, 6.07) is 22.7. The van der Waals surface area contributed by atoms with Crippen LogP contribution < -0.4 is 36.5 Å². The molecule has 0 atom stereocenters. The molecule has 1 heterocycles. The van der Waals surface area contributed by atoms with Crippen molar-refractivity contribution in [3.05, 3.63) is 89.5 Å². The zero-order valence-corrected chi connectivity index (χ0v) is 25.5. The van der Waals surface area contributed by atoms with Crippen LogP contribution in [0, 0.1) is 0 Å². The predicted molar refractivity (Wildman–Crippen MR) is 173 cm³/mol. The standard InChI is InChI=1S/C32H40N8O5/c1-42-27-13-7-11-25(28(27)43-2)22-36-31-38-30(35-21-23-8-4-3-5-9-23)39-32(40-31)37-26-12-6-10-24(20-26)29(41)34-15-17-45-19-18-44-16-14-33/h3-13,20H,14-19,21-22,33H2,1-2H3,(H,34,41)(H3,35,36,37,38,39,40). The molecular formula is C32H40N8O5. The fourth-order valence-electron chi connectivity index (χ4n) is 4.25. The smallest absolute Gasteiger partial charge is 0.251 e. The molecule has 0 radical (unpaired) electrons. The number of benzene rings is 3. The Labute approximate surface area is 262 Å². The lowest BCUT2D eigenvalue weighted by Crippen LogP contribution is -2.27. The van der Waals surface area contributed by atoms with Crippen LogP contribution in [-0.4, -0.2) is 74.6 Å². The van der Waals surface area contributed by atoms with Gasteiger partial charge in [-0.05, 0) is 29.8 Å². The minimum Gasteiger partial charge on any atom is -0.493 e. The molecule has 6 N–H and O–H groups in total. The zero-order chi connectivity index (χ0) is 31.7. The van der Waals surface area contributed by atoms with Crippen LogP contribution in [0.5, 0.6) is 11.5 Å². The Hall–Kier alpha value is -4.98. The summed E-state index contributed by atoms with van der Waals surface area (Å²) < 4.78 is 21.7. The molecule has 0 saturated heterocycles. The molecule has 0 aliphatic heterocycles. The van der Waals surface area contributed by atoms with Crippen molar-refractivity contribution in [2.24, 2.45) is 5.73 Å². The van der Waals surface area contributed by atoms with Gasteiger partial charge >= 0.3 is 0 Å². The second kappa shape index (κ2) is 18.0. The normalized spacial score (nSPS) is 10.6. The number of nitrogens with one attached hydrogen (secondary N) is 4. The molecule has 0 fully saturated rings. The van der Waals surface area contributed by atoms with E-state index in [1.165, 1.54) is 0 Å². The Kier molecular flexibility index (Phi) is 13.1. The Balaban J connectivity index is 1.43. The molecule has 1 amide bonds. The Morgan fingerprint density at radius 3 is 2.20 bits per heavy atom. The number of ether oxygens (including phenoxy) is 4. The fraction of sp³-hybridized carbons (Fsp3) is 0.312. The van der Waals surface area contributed by atoms with Gasteiger partial charge in [0, 0.05) is 43.0 Å². The van der Waals surface area contributed by atoms with Gasteiger partial charge in [-0.1, -0.05) is 48.5 Å². The molecule has 0 bridgehead atoms. The van der Waals surface area contributed by atoms with Gasteiger partial charge in [-0.25, -0.2) is 0 Å². The first-order valence-corrected chi connectivity index (χ1v) is 14.6. The number of nitrogens with zero attached hydrogens (tertiary/aromatic N) is 3. The number of methoxy groups -OCH3 is 2. The minimum atomic E-state index is -0.225. The fourth-order valence-corrected chi connectivity index (χ4v) is 4.25. The number of hydrogen-bond acceptors (Lipinski definition) is 12. The summed E-state index contributed by atoms with van der Waals surface area (Å²) in [5, 5.41) is 12.6. The number of aromatic nitrogens is 3. The average molecular weight is 617 g/mol. The second-order valence-corrected chi connectivity index (χ2v) is 9.63. The number of para-hydroxylation sites is 1. The van der Waals surface area contributed by atoms with Crippen LogP contribution in [-0.2, 0) is 22.6 Å². The summed E-state index contributed by atoms with van der Waals surface area (Å²) in [6.07, 6.45) is 0. The Morgan fingerprint density at radius 2 is 1.47 bits per heavy atom. The zero-order valence-electron chi connectivity index (χ0n) is 25.5. The lowest BCUT2D eigenvalue weighted by molar-refractivity contribution is 0.0511. The van der Waals surface area contributed by atoms with E-state index in [-0.39, 0.29) is 5.91 Å². The quantitative estimate of drug-likeness (QED) is 0.0974. The summed E-state index contributed by atoms with van der Waals surface area (Å²) in [5.74, 6) is 2.04. The Bertz CT molecular complexity index is 1490. The minimum absolute atomic E-state index is 0.225. The molecule has 0 spiro atoms. The van der Waals surface area contributed by atoms with Gasteiger partial charge < -0.3 is 45.9 Å². The molecule has 4 aromatic rings. The van der Waals surface area contributed by atoms with Crippen LogP contribution >= 0.6 is 0 Å². The molecule has 45 heavy (non-hydrogen) atoms. The summed E-state index contributed by atoms with van der Waals surface area (Å²) in [4.78, 5) is 26.5. The maximum absolute atomic E-state index is 12.8. The number of nitrogens with two attached hydrogens (primary N) is 1. The molecule has 0 aliphatic carbocycles. The van der Waals surface area contributed by atoms with Gasteiger partial charge in [0.1, 0.15) is 0 Å². The predicted octanol–water partition coefficient (Wildman–Crippen LogP) is 3.58. The summed E-state index contributed by atoms with van der Waals surface area (Å²) in [7, 11) is 3.20. The first-order valence-electron chi connectivity index (χ1n) is 14.6. The van der Waals surface area contributed by atoms with Crippen molar-refractivity contribution in [2.75, 3.05) is 69.7 Å². The van der Waals surface area contributed by atoms with Crippen molar-refractivity contribution < 1.29 is 23.7 Å². The van der Waals surface area contributed by atoms with Gasteiger partial charge in [0.2, 0.25) is 17.8 Å². The highest BCUT2D eigenvalue weighted by Gasteiger charge is 2.13. The molecule has 0 aliphatic rings. The third kappa shape index (κ3) is 10.6. The maximum Gasteiger partial charge on any atom is 0.251 e. The van der Waals surface area contributed by atoms with Crippen molar-refractivity contribution in [1.29, 1.82) is 0 Å². The monoisotopic (exact) mass is 616 g/mol. The van der Waals surface area contributed by atoms with E-state index < -0.39 is 0 Å². The van der Waals surface area contributed by atoms with E-state index in [9.17, 15) is 4.79 Å². The number of anilines is 4. The Morgan fingerprint density at radius 1 is 0.756 bits per heavy atom. The lowest BCUT2D eigenvalue weighted by atomic mass is 10.2. The molecule has 4 rings (SSSR count). The summed E-state index contributed by atoms with van der Waals surface area (Å²) in [6.45, 7) is 3.51. The summed E-state index contributed by atoms with van der Waals surface area (Å²) in [5.41, 5.74) is 8.45. The van der Waals surface area contributed by atoms with E-state index in [4.69, 9.17) is 24.7 Å². The average Bonchev–Trinajstić information content (AvgIpc) is 3.07. The van der Waals surface area contributed by atoms with E-state index in [1.807, 2.05) is 54.6 Å². The third-order valence-electron chi connectivity index (χ3n) is 6.40. The molecule has 13 nitrogen and oxygen atoms in total. The van der Waals surface area contributed by atoms with Crippen LogP contribution in [0.4, 0.5) is 23.5 Å². The largest absolute Gasteiger partial charge is 0.493 e. The van der Waals surface area contributed by atoms with Gasteiger partial charge in [-0.3, -0.25) is 4.79 Å². The van der Waals surface area contributed by atoms with E-state index in [2.05, 4.69) is 36.2 Å². The topological polar surface area (TPSA) is 167 Å². The molecule has 0 saturated carbocycles. The van der Waals surface area contributed by atoms with Gasteiger partial charge in [0.25, 0.3) is 5.91 Å². The highest BCUT2D eigenvalue weighted by molar-refractivity contribution is 5.95. The van der Waals surface area contributed by atoms with Gasteiger partial charge in [0.15, 0.2) is 11.5 Å². The molecule has 13 heteroatoms. The number of carbonyl (C=O) groups excluding carboxylic acids is 1. The molecule has 238 valence electrons. The first-order chi connectivity index (χ1) is 22.1. The first kappa shape index (κ1) is 32.9. The highest BCUT2D eigenvalue weighted by Crippen LogP contribution is 2.31. The van der Waals surface area contributed by atoms with Crippen LogP contribution in [0.3, 0.4) is 0 Å². The van der Waals surface area contributed by atoms with Crippen LogP contribution in [0.1, 0.15) is 21.5 Å². The summed E-state index contributed by atoms with van der Waals surface area (Å²) >= 11 is 0.